The van der Waals surface area contributed by atoms with E-state index in [0.29, 0.717) is 11.1 Å². The van der Waals surface area contributed by atoms with E-state index < -0.39 is 5.54 Å². The van der Waals surface area contributed by atoms with Crippen molar-refractivity contribution in [2.75, 3.05) is 0 Å². The van der Waals surface area contributed by atoms with E-state index in [1.807, 2.05) is 65.0 Å². The molecule has 0 fully saturated rings. The summed E-state index contributed by atoms with van der Waals surface area (Å²) in [6.07, 6.45) is 0.854. The zero-order valence-electron chi connectivity index (χ0n) is 15.6. The number of nitrogens with zero attached hydrogens (tertiary/aromatic N) is 1. The van der Waals surface area contributed by atoms with E-state index >= 15 is 0 Å². The average molecular weight is 338 g/mol. The second-order valence-corrected chi connectivity index (χ2v) is 7.17. The molecule has 2 aromatic carbocycles. The Morgan fingerprint density at radius 1 is 1.00 bits per heavy atom. The molecular formula is C21H26N2O2. The van der Waals surface area contributed by atoms with Gasteiger partial charge in [-0.25, -0.2) is 5.01 Å². The van der Waals surface area contributed by atoms with E-state index in [9.17, 15) is 9.59 Å². The van der Waals surface area contributed by atoms with Crippen molar-refractivity contribution in [1.82, 2.24) is 10.4 Å². The van der Waals surface area contributed by atoms with Crippen LogP contribution in [-0.4, -0.2) is 22.4 Å². The Bertz CT molecular complexity index is 758. The lowest BCUT2D eigenvalue weighted by Crippen LogP contribution is -2.55. The third-order valence-electron chi connectivity index (χ3n) is 3.98. The molecule has 0 aliphatic carbocycles. The number of aryl methyl sites for hydroxylation is 2. The molecule has 0 saturated carbocycles. The van der Waals surface area contributed by atoms with Crippen LogP contribution in [0.4, 0.5) is 0 Å². The monoisotopic (exact) mass is 338 g/mol. The molecule has 0 saturated heterocycles. The Balaban J connectivity index is 2.28. The van der Waals surface area contributed by atoms with Gasteiger partial charge >= 0.3 is 0 Å². The molecule has 2 amide bonds. The predicted molar refractivity (Wildman–Crippen MR) is 100 cm³/mol. The Morgan fingerprint density at radius 2 is 1.64 bits per heavy atom. The molecule has 2 rings (SSSR count). The maximum absolute atomic E-state index is 13.0. The minimum atomic E-state index is -0.556. The Kier molecular flexibility index (Phi) is 5.62. The number of amides is 2. The average Bonchev–Trinajstić information content (AvgIpc) is 2.58. The molecule has 0 radical (unpaired) electrons. The van der Waals surface area contributed by atoms with Gasteiger partial charge in [-0.3, -0.25) is 15.0 Å². The zero-order valence-corrected chi connectivity index (χ0v) is 15.6. The smallest absolute Gasteiger partial charge is 0.267 e. The van der Waals surface area contributed by atoms with Crippen molar-refractivity contribution in [3.8, 4) is 0 Å². The van der Waals surface area contributed by atoms with Crippen LogP contribution >= 0.6 is 0 Å². The fraction of sp³-hybridized carbons (Fsp3) is 0.333. The molecule has 0 aliphatic rings. The highest BCUT2D eigenvalue weighted by Crippen LogP contribution is 2.17. The number of nitrogens with one attached hydrogen (secondary N) is 1. The third-order valence-corrected chi connectivity index (χ3v) is 3.98. The van der Waals surface area contributed by atoms with Gasteiger partial charge in [0.05, 0.1) is 5.54 Å². The molecule has 0 atom stereocenters. The van der Waals surface area contributed by atoms with Gasteiger partial charge < -0.3 is 0 Å². The predicted octanol–water partition coefficient (Wildman–Crippen LogP) is 4.14. The highest BCUT2D eigenvalue weighted by Gasteiger charge is 2.29. The minimum absolute atomic E-state index is 0.219. The van der Waals surface area contributed by atoms with E-state index in [-0.39, 0.29) is 11.8 Å². The van der Waals surface area contributed by atoms with Crippen LogP contribution in [0.25, 0.3) is 0 Å². The van der Waals surface area contributed by atoms with Crippen molar-refractivity contribution >= 4 is 11.8 Å². The van der Waals surface area contributed by atoms with E-state index in [1.165, 1.54) is 5.01 Å². The molecule has 0 aliphatic heterocycles. The first-order chi connectivity index (χ1) is 11.7. The lowest BCUT2D eigenvalue weighted by Gasteiger charge is -2.35. The fourth-order valence-electron chi connectivity index (χ4n) is 2.45. The molecule has 132 valence electrons. The molecule has 0 heterocycles. The quantitative estimate of drug-likeness (QED) is 0.855. The van der Waals surface area contributed by atoms with Crippen molar-refractivity contribution in [2.24, 2.45) is 0 Å². The number of benzene rings is 2. The first kappa shape index (κ1) is 18.7. The molecule has 2 aromatic rings. The van der Waals surface area contributed by atoms with E-state index in [2.05, 4.69) is 5.43 Å². The number of rotatable bonds is 3. The number of carbonyl (C=O) groups is 2. The molecule has 4 heteroatoms. The summed E-state index contributed by atoms with van der Waals surface area (Å²) in [4.78, 5) is 25.6. The van der Waals surface area contributed by atoms with Crippen LogP contribution in [0.1, 0.15) is 59.5 Å². The highest BCUT2D eigenvalue weighted by molar-refractivity contribution is 5.99. The molecule has 0 spiro atoms. The van der Waals surface area contributed by atoms with Gasteiger partial charge in [0, 0.05) is 11.1 Å². The van der Waals surface area contributed by atoms with Crippen LogP contribution in [0.3, 0.4) is 0 Å². The summed E-state index contributed by atoms with van der Waals surface area (Å²) in [5.74, 6) is -0.516. The summed E-state index contributed by atoms with van der Waals surface area (Å²) in [6.45, 7) is 9.69. The Hall–Kier alpha value is -2.62. The largest absolute Gasteiger partial charge is 0.272 e. The summed E-state index contributed by atoms with van der Waals surface area (Å²) in [7, 11) is 0. The summed E-state index contributed by atoms with van der Waals surface area (Å²) in [5.41, 5.74) is 5.48. The zero-order chi connectivity index (χ0) is 18.6. The van der Waals surface area contributed by atoms with Crippen molar-refractivity contribution in [1.29, 1.82) is 0 Å². The van der Waals surface area contributed by atoms with Crippen LogP contribution in [-0.2, 0) is 6.42 Å². The summed E-state index contributed by atoms with van der Waals surface area (Å²) in [5, 5.41) is 1.41. The molecule has 0 unspecified atom stereocenters. The highest BCUT2D eigenvalue weighted by atomic mass is 16.2. The van der Waals surface area contributed by atoms with Gasteiger partial charge in [-0.15, -0.1) is 0 Å². The topological polar surface area (TPSA) is 49.4 Å². The summed E-state index contributed by atoms with van der Waals surface area (Å²) in [6, 6.07) is 14.8. The standard InChI is InChI=1S/C21H26N2O2/c1-6-16-8-7-9-18(14-16)20(25)23(21(3,4)5)22-19(24)17-12-10-15(2)11-13-17/h7-14H,6H2,1-5H3,(H,22,24). The molecule has 4 nitrogen and oxygen atoms in total. The van der Waals surface area contributed by atoms with Gasteiger partial charge in [-0.1, -0.05) is 36.8 Å². The van der Waals surface area contributed by atoms with Crippen LogP contribution in [0.2, 0.25) is 0 Å². The molecule has 0 aromatic heterocycles. The van der Waals surface area contributed by atoms with E-state index in [1.54, 1.807) is 18.2 Å². The fourth-order valence-corrected chi connectivity index (χ4v) is 2.45. The van der Waals surface area contributed by atoms with Crippen LogP contribution < -0.4 is 5.43 Å². The summed E-state index contributed by atoms with van der Waals surface area (Å²) < 4.78 is 0. The van der Waals surface area contributed by atoms with Crippen molar-refractivity contribution in [3.63, 3.8) is 0 Å². The second-order valence-electron chi connectivity index (χ2n) is 7.17. The van der Waals surface area contributed by atoms with Crippen LogP contribution in [0.15, 0.2) is 48.5 Å². The van der Waals surface area contributed by atoms with Crippen LogP contribution in [0.5, 0.6) is 0 Å². The number of hydrogen-bond donors (Lipinski definition) is 1. The van der Waals surface area contributed by atoms with Gasteiger partial charge in [0.15, 0.2) is 0 Å². The molecule has 0 bridgehead atoms. The van der Waals surface area contributed by atoms with Crippen molar-refractivity contribution < 1.29 is 9.59 Å². The number of hydrazine groups is 1. The number of carbonyl (C=O) groups excluding carboxylic acids is 2. The maximum Gasteiger partial charge on any atom is 0.272 e. The molecular weight excluding hydrogens is 312 g/mol. The van der Waals surface area contributed by atoms with Gasteiger partial charge in [0.25, 0.3) is 11.8 Å². The minimum Gasteiger partial charge on any atom is -0.267 e. The Labute approximate surface area is 149 Å². The molecule has 1 N–H and O–H groups in total. The lowest BCUT2D eigenvalue weighted by atomic mass is 10.0. The van der Waals surface area contributed by atoms with Gasteiger partial charge in [-0.05, 0) is 63.9 Å². The first-order valence-corrected chi connectivity index (χ1v) is 8.53. The molecule has 25 heavy (non-hydrogen) atoms. The maximum atomic E-state index is 13.0. The summed E-state index contributed by atoms with van der Waals surface area (Å²) >= 11 is 0. The van der Waals surface area contributed by atoms with E-state index in [0.717, 1.165) is 17.5 Å². The lowest BCUT2D eigenvalue weighted by molar-refractivity contribution is 0.0358. The van der Waals surface area contributed by atoms with Crippen molar-refractivity contribution in [2.45, 2.75) is 46.6 Å². The SMILES string of the molecule is CCc1cccc(C(=O)N(NC(=O)c2ccc(C)cc2)C(C)(C)C)c1. The number of hydrogen-bond acceptors (Lipinski definition) is 2. The second kappa shape index (κ2) is 7.51. The normalized spacial score (nSPS) is 11.1. The van der Waals surface area contributed by atoms with Crippen LogP contribution in [0, 0.1) is 6.92 Å². The van der Waals surface area contributed by atoms with Gasteiger partial charge in [-0.2, -0.15) is 0 Å². The third kappa shape index (κ3) is 4.69. The first-order valence-electron chi connectivity index (χ1n) is 8.53. The van der Waals surface area contributed by atoms with Gasteiger partial charge in [0.2, 0.25) is 0 Å². The van der Waals surface area contributed by atoms with E-state index in [4.69, 9.17) is 0 Å². The van der Waals surface area contributed by atoms with Crippen molar-refractivity contribution in [3.05, 3.63) is 70.8 Å². The van der Waals surface area contributed by atoms with Gasteiger partial charge in [0.1, 0.15) is 0 Å². The Morgan fingerprint density at radius 3 is 2.20 bits per heavy atom.